The van der Waals surface area contributed by atoms with Gasteiger partial charge in [-0.2, -0.15) is 0 Å². The molecule has 20 heavy (non-hydrogen) atoms. The third kappa shape index (κ3) is 3.04. The summed E-state index contributed by atoms with van der Waals surface area (Å²) in [5.41, 5.74) is 7.00. The van der Waals surface area contributed by atoms with Gasteiger partial charge in [-0.1, -0.05) is 0 Å². The lowest BCUT2D eigenvalue weighted by molar-refractivity contribution is -0.118. The van der Waals surface area contributed by atoms with Gasteiger partial charge in [0.1, 0.15) is 11.6 Å². The van der Waals surface area contributed by atoms with Crippen LogP contribution in [0.25, 0.3) is 11.0 Å². The first-order chi connectivity index (χ1) is 9.52. The largest absolute Gasteiger partial charge is 0.497 e. The molecule has 2 aromatic rings. The third-order valence-electron chi connectivity index (χ3n) is 3.15. The number of ether oxygens (including phenoxy) is 1. The number of primary amides is 1. The van der Waals surface area contributed by atoms with Gasteiger partial charge in [0.2, 0.25) is 5.91 Å². The molecule has 2 rings (SSSR count). The summed E-state index contributed by atoms with van der Waals surface area (Å²) in [5.74, 6) is 1.26. The van der Waals surface area contributed by atoms with E-state index >= 15 is 0 Å². The van der Waals surface area contributed by atoms with Crippen LogP contribution in [0.3, 0.4) is 0 Å². The molecule has 0 aliphatic heterocycles. The van der Waals surface area contributed by atoms with E-state index < -0.39 is 0 Å². The third-order valence-corrected chi connectivity index (χ3v) is 3.34. The van der Waals surface area contributed by atoms with Crippen LogP contribution in [-0.4, -0.2) is 22.6 Å². The van der Waals surface area contributed by atoms with Crippen molar-refractivity contribution in [2.24, 2.45) is 5.73 Å². The van der Waals surface area contributed by atoms with Crippen LogP contribution in [0.15, 0.2) is 18.2 Å². The fourth-order valence-corrected chi connectivity index (χ4v) is 2.36. The van der Waals surface area contributed by atoms with E-state index in [9.17, 15) is 4.79 Å². The SMILES string of the molecule is COc1ccc2nc(C(C)Cl)n(CCCC(N)=O)c2c1. The number of nitrogens with zero attached hydrogens (tertiary/aromatic N) is 2. The van der Waals surface area contributed by atoms with Crippen LogP contribution in [0.5, 0.6) is 5.75 Å². The molecular weight excluding hydrogens is 278 g/mol. The number of fused-ring (bicyclic) bond motifs is 1. The Kier molecular flexibility index (Phi) is 4.49. The van der Waals surface area contributed by atoms with E-state index in [4.69, 9.17) is 22.1 Å². The monoisotopic (exact) mass is 295 g/mol. The molecule has 1 unspecified atom stereocenters. The average Bonchev–Trinajstić information content (AvgIpc) is 2.76. The number of halogens is 1. The summed E-state index contributed by atoms with van der Waals surface area (Å²) < 4.78 is 7.27. The molecular formula is C14H18ClN3O2. The van der Waals surface area contributed by atoms with Crippen LogP contribution in [0.1, 0.15) is 31.0 Å². The zero-order valence-corrected chi connectivity index (χ0v) is 12.4. The summed E-state index contributed by atoms with van der Waals surface area (Å²) in [5, 5.41) is -0.207. The Morgan fingerprint density at radius 2 is 2.30 bits per heavy atom. The minimum Gasteiger partial charge on any atom is -0.497 e. The summed E-state index contributed by atoms with van der Waals surface area (Å²) in [6.07, 6.45) is 1.01. The summed E-state index contributed by atoms with van der Waals surface area (Å²) in [6.45, 7) is 2.53. The Morgan fingerprint density at radius 3 is 2.90 bits per heavy atom. The molecule has 0 spiro atoms. The van der Waals surface area contributed by atoms with Gasteiger partial charge in [-0.25, -0.2) is 4.98 Å². The van der Waals surface area contributed by atoms with Crippen LogP contribution in [-0.2, 0) is 11.3 Å². The molecule has 1 heterocycles. The van der Waals surface area contributed by atoms with Crippen molar-refractivity contribution in [3.05, 3.63) is 24.0 Å². The van der Waals surface area contributed by atoms with Crippen LogP contribution in [0, 0.1) is 0 Å². The zero-order chi connectivity index (χ0) is 14.7. The number of alkyl halides is 1. The Bertz CT molecular complexity index is 622. The number of carbonyl (C=O) groups is 1. The molecule has 0 radical (unpaired) electrons. The molecule has 1 atom stereocenters. The minimum atomic E-state index is -0.299. The Balaban J connectivity index is 2.40. The highest BCUT2D eigenvalue weighted by Gasteiger charge is 2.15. The second kappa shape index (κ2) is 6.13. The van der Waals surface area contributed by atoms with Gasteiger partial charge >= 0.3 is 0 Å². The van der Waals surface area contributed by atoms with E-state index in [1.807, 2.05) is 29.7 Å². The number of imidazole rings is 1. The van der Waals surface area contributed by atoms with Crippen molar-refractivity contribution in [1.82, 2.24) is 9.55 Å². The maximum Gasteiger partial charge on any atom is 0.217 e. The van der Waals surface area contributed by atoms with E-state index in [-0.39, 0.29) is 11.3 Å². The molecule has 0 fully saturated rings. The molecule has 2 N–H and O–H groups in total. The van der Waals surface area contributed by atoms with Crippen molar-refractivity contribution in [3.63, 3.8) is 0 Å². The van der Waals surface area contributed by atoms with Gasteiger partial charge in [0.25, 0.3) is 0 Å². The number of carbonyl (C=O) groups excluding carboxylic acids is 1. The number of aromatic nitrogens is 2. The second-order valence-corrected chi connectivity index (χ2v) is 5.32. The number of hydrogen-bond acceptors (Lipinski definition) is 3. The molecule has 1 aromatic carbocycles. The van der Waals surface area contributed by atoms with E-state index in [0.717, 1.165) is 22.6 Å². The molecule has 6 heteroatoms. The van der Waals surface area contributed by atoms with Gasteiger partial charge in [0.15, 0.2) is 0 Å². The quantitative estimate of drug-likeness (QED) is 0.833. The fraction of sp³-hybridized carbons (Fsp3) is 0.429. The first-order valence-corrected chi connectivity index (χ1v) is 6.93. The number of amides is 1. The van der Waals surface area contributed by atoms with E-state index in [1.165, 1.54) is 0 Å². The summed E-state index contributed by atoms with van der Waals surface area (Å²) in [7, 11) is 1.63. The van der Waals surface area contributed by atoms with Gasteiger partial charge in [-0.05, 0) is 25.5 Å². The Labute approximate surface area is 122 Å². The predicted molar refractivity (Wildman–Crippen MR) is 79.0 cm³/mol. The van der Waals surface area contributed by atoms with Crippen LogP contribution < -0.4 is 10.5 Å². The molecule has 108 valence electrons. The summed E-state index contributed by atoms with van der Waals surface area (Å²) in [4.78, 5) is 15.4. The van der Waals surface area contributed by atoms with E-state index in [0.29, 0.717) is 19.4 Å². The molecule has 0 saturated heterocycles. The molecule has 5 nitrogen and oxygen atoms in total. The van der Waals surface area contributed by atoms with E-state index in [2.05, 4.69) is 4.98 Å². The van der Waals surface area contributed by atoms with Crippen LogP contribution >= 0.6 is 11.6 Å². The predicted octanol–water partition coefficient (Wildman–Crippen LogP) is 2.61. The maximum absolute atomic E-state index is 10.9. The lowest BCUT2D eigenvalue weighted by Gasteiger charge is -2.10. The molecule has 0 aliphatic rings. The molecule has 0 aliphatic carbocycles. The smallest absolute Gasteiger partial charge is 0.217 e. The summed E-state index contributed by atoms with van der Waals surface area (Å²) >= 11 is 6.19. The first kappa shape index (κ1) is 14.7. The molecule has 1 amide bonds. The van der Waals surface area contributed by atoms with Crippen molar-refractivity contribution < 1.29 is 9.53 Å². The second-order valence-electron chi connectivity index (χ2n) is 4.66. The maximum atomic E-state index is 10.9. The zero-order valence-electron chi connectivity index (χ0n) is 11.6. The number of nitrogens with two attached hydrogens (primary N) is 1. The highest BCUT2D eigenvalue weighted by Crippen LogP contribution is 2.27. The topological polar surface area (TPSA) is 70.1 Å². The first-order valence-electron chi connectivity index (χ1n) is 6.49. The van der Waals surface area contributed by atoms with Gasteiger partial charge in [0, 0.05) is 19.0 Å². The van der Waals surface area contributed by atoms with Gasteiger partial charge < -0.3 is 15.0 Å². The van der Waals surface area contributed by atoms with Gasteiger partial charge in [-0.3, -0.25) is 4.79 Å². The molecule has 0 saturated carbocycles. The molecule has 1 aromatic heterocycles. The lowest BCUT2D eigenvalue weighted by atomic mass is 10.2. The number of hydrogen-bond donors (Lipinski definition) is 1. The number of aryl methyl sites for hydroxylation is 1. The van der Waals surface area contributed by atoms with Gasteiger partial charge in [0.05, 0.1) is 23.5 Å². The van der Waals surface area contributed by atoms with Crippen molar-refractivity contribution in [3.8, 4) is 5.75 Å². The average molecular weight is 296 g/mol. The lowest BCUT2D eigenvalue weighted by Crippen LogP contribution is -2.12. The van der Waals surface area contributed by atoms with E-state index in [1.54, 1.807) is 7.11 Å². The van der Waals surface area contributed by atoms with Crippen molar-refractivity contribution >= 4 is 28.5 Å². The fourth-order valence-electron chi connectivity index (χ4n) is 2.20. The highest BCUT2D eigenvalue weighted by molar-refractivity contribution is 6.20. The van der Waals surface area contributed by atoms with Crippen molar-refractivity contribution in [2.75, 3.05) is 7.11 Å². The van der Waals surface area contributed by atoms with Crippen LogP contribution in [0.4, 0.5) is 0 Å². The van der Waals surface area contributed by atoms with Crippen molar-refractivity contribution in [2.45, 2.75) is 31.7 Å². The van der Waals surface area contributed by atoms with Crippen LogP contribution in [0.2, 0.25) is 0 Å². The number of methoxy groups -OCH3 is 1. The Hall–Kier alpha value is -1.75. The Morgan fingerprint density at radius 1 is 1.55 bits per heavy atom. The normalized spacial score (nSPS) is 12.6. The van der Waals surface area contributed by atoms with Gasteiger partial charge in [-0.15, -0.1) is 11.6 Å². The standard InChI is InChI=1S/C14H18ClN3O2/c1-9(15)14-17-11-6-5-10(20-2)8-12(11)18(14)7-3-4-13(16)19/h5-6,8-9H,3-4,7H2,1-2H3,(H2,16,19). The minimum absolute atomic E-state index is 0.207. The number of benzene rings is 1. The summed E-state index contributed by atoms with van der Waals surface area (Å²) in [6, 6.07) is 5.70. The van der Waals surface area contributed by atoms with Crippen molar-refractivity contribution in [1.29, 1.82) is 0 Å². The molecule has 0 bridgehead atoms. The number of rotatable bonds is 6. The highest BCUT2D eigenvalue weighted by atomic mass is 35.5.